The van der Waals surface area contributed by atoms with E-state index in [2.05, 4.69) is 4.99 Å². The molecule has 0 radical (unpaired) electrons. The largest absolute Gasteiger partial charge is 0.319 e. The van der Waals surface area contributed by atoms with E-state index in [4.69, 9.17) is 11.6 Å². The molecule has 0 N–H and O–H groups in total. The first-order valence-electron chi connectivity index (χ1n) is 7.88. The van der Waals surface area contributed by atoms with E-state index in [1.54, 1.807) is 32.0 Å². The summed E-state index contributed by atoms with van der Waals surface area (Å²) in [5, 5.41) is 0.0544. The number of fused-ring (bicyclic) bond motifs is 1. The Morgan fingerprint density at radius 2 is 1.92 bits per heavy atom. The second-order valence-corrected chi connectivity index (χ2v) is 10.0. The third-order valence-corrected chi connectivity index (χ3v) is 7.48. The first kappa shape index (κ1) is 18.8. The highest BCUT2D eigenvalue weighted by atomic mass is 35.5. The summed E-state index contributed by atoms with van der Waals surface area (Å²) in [5.74, 6) is -0.487. The van der Waals surface area contributed by atoms with Gasteiger partial charge in [0, 0.05) is 17.6 Å². The average Bonchev–Trinajstić information content (AvgIpc) is 2.89. The molecule has 0 saturated carbocycles. The van der Waals surface area contributed by atoms with Crippen LogP contribution in [0.4, 0.5) is 0 Å². The molecule has 1 aromatic heterocycles. The van der Waals surface area contributed by atoms with E-state index in [9.17, 15) is 13.2 Å². The van der Waals surface area contributed by atoms with Gasteiger partial charge in [-0.25, -0.2) is 8.42 Å². The fourth-order valence-corrected chi connectivity index (χ4v) is 4.84. The molecule has 0 atom stereocenters. The first-order chi connectivity index (χ1) is 12.2. The molecule has 0 unspecified atom stereocenters. The molecule has 3 aromatic rings. The van der Waals surface area contributed by atoms with E-state index in [0.29, 0.717) is 9.82 Å². The summed E-state index contributed by atoms with van der Waals surface area (Å²) in [4.78, 5) is 17.4. The number of sulfone groups is 1. The van der Waals surface area contributed by atoms with Crippen LogP contribution in [0.15, 0.2) is 52.4 Å². The lowest BCUT2D eigenvalue weighted by Gasteiger charge is -2.08. The zero-order chi connectivity index (χ0) is 19.1. The number of rotatable bonds is 3. The Hall–Kier alpha value is -1.96. The molecular weight excluding hydrogens is 392 g/mol. The van der Waals surface area contributed by atoms with Crippen molar-refractivity contribution in [1.82, 2.24) is 4.57 Å². The third kappa shape index (κ3) is 3.47. The van der Waals surface area contributed by atoms with Crippen molar-refractivity contribution in [3.63, 3.8) is 0 Å². The highest BCUT2D eigenvalue weighted by molar-refractivity contribution is 7.92. The van der Waals surface area contributed by atoms with Crippen molar-refractivity contribution < 1.29 is 13.2 Å². The predicted molar refractivity (Wildman–Crippen MR) is 104 cm³/mol. The van der Waals surface area contributed by atoms with Crippen LogP contribution in [-0.2, 0) is 16.9 Å². The van der Waals surface area contributed by atoms with Crippen LogP contribution in [0.2, 0.25) is 5.02 Å². The number of halogens is 1. The van der Waals surface area contributed by atoms with Crippen LogP contribution in [0.25, 0.3) is 10.2 Å². The summed E-state index contributed by atoms with van der Waals surface area (Å²) < 4.78 is 27.4. The van der Waals surface area contributed by atoms with Gasteiger partial charge in [-0.15, -0.1) is 0 Å². The van der Waals surface area contributed by atoms with Crippen molar-refractivity contribution in [2.75, 3.05) is 0 Å². The number of benzene rings is 2. The standard InChI is InChI=1S/C18H17ClN2O3S2/c1-11(2)26(23,24)14-6-4-5-12(9-14)17(22)20-18-21(3)15-8-7-13(19)10-16(15)25-18/h4-11H,1-3H3. The fraction of sp³-hybridized carbons (Fsp3) is 0.222. The van der Waals surface area contributed by atoms with Crippen LogP contribution in [0.3, 0.4) is 0 Å². The van der Waals surface area contributed by atoms with E-state index in [0.717, 1.165) is 10.2 Å². The predicted octanol–water partition coefficient (Wildman–Crippen LogP) is 3.82. The van der Waals surface area contributed by atoms with Crippen molar-refractivity contribution >= 4 is 48.9 Å². The minimum Gasteiger partial charge on any atom is -0.319 e. The van der Waals surface area contributed by atoms with Crippen molar-refractivity contribution in [2.45, 2.75) is 24.0 Å². The van der Waals surface area contributed by atoms with Crippen molar-refractivity contribution in [2.24, 2.45) is 12.0 Å². The van der Waals surface area contributed by atoms with Crippen molar-refractivity contribution in [3.05, 3.63) is 57.9 Å². The highest BCUT2D eigenvalue weighted by Crippen LogP contribution is 2.21. The molecule has 1 heterocycles. The van der Waals surface area contributed by atoms with Gasteiger partial charge in [0.1, 0.15) is 0 Å². The molecule has 0 fully saturated rings. The summed E-state index contributed by atoms with van der Waals surface area (Å²) in [7, 11) is -1.63. The Balaban J connectivity index is 2.06. The molecule has 1 amide bonds. The smallest absolute Gasteiger partial charge is 0.279 e. The fourth-order valence-electron chi connectivity index (χ4n) is 2.44. The van der Waals surface area contributed by atoms with Gasteiger partial charge in [-0.3, -0.25) is 4.79 Å². The quantitative estimate of drug-likeness (QED) is 0.661. The van der Waals surface area contributed by atoms with Crippen molar-refractivity contribution in [3.8, 4) is 0 Å². The molecule has 2 aromatic carbocycles. The molecule has 0 saturated heterocycles. The zero-order valence-electron chi connectivity index (χ0n) is 14.4. The Kier molecular flexibility index (Phi) is 5.05. The summed E-state index contributed by atoms with van der Waals surface area (Å²) >= 11 is 7.36. The molecule has 26 heavy (non-hydrogen) atoms. The second kappa shape index (κ2) is 6.98. The average molecular weight is 409 g/mol. The summed E-state index contributed by atoms with van der Waals surface area (Å²) in [6, 6.07) is 11.5. The van der Waals surface area contributed by atoms with Crippen LogP contribution >= 0.6 is 22.9 Å². The van der Waals surface area contributed by atoms with Crippen LogP contribution in [0.5, 0.6) is 0 Å². The van der Waals surface area contributed by atoms with Crippen molar-refractivity contribution in [1.29, 1.82) is 0 Å². The Morgan fingerprint density at radius 1 is 1.19 bits per heavy atom. The first-order valence-corrected chi connectivity index (χ1v) is 10.6. The molecule has 0 aliphatic heterocycles. The number of amides is 1. The molecule has 0 bridgehead atoms. The van der Waals surface area contributed by atoms with E-state index >= 15 is 0 Å². The maximum absolute atomic E-state index is 12.6. The van der Waals surface area contributed by atoms with E-state index < -0.39 is 21.0 Å². The summed E-state index contributed by atoms with van der Waals surface area (Å²) in [6.45, 7) is 3.22. The second-order valence-electron chi connectivity index (χ2n) is 6.09. The van der Waals surface area contributed by atoms with Crippen LogP contribution in [0.1, 0.15) is 24.2 Å². The molecule has 8 heteroatoms. The number of carbonyl (C=O) groups is 1. The zero-order valence-corrected chi connectivity index (χ0v) is 16.8. The van der Waals surface area contributed by atoms with E-state index in [-0.39, 0.29) is 10.5 Å². The van der Waals surface area contributed by atoms with Crippen LogP contribution in [-0.4, -0.2) is 24.1 Å². The van der Waals surface area contributed by atoms with E-state index in [1.807, 2.05) is 23.7 Å². The maximum Gasteiger partial charge on any atom is 0.279 e. The number of carbonyl (C=O) groups excluding carboxylic acids is 1. The van der Waals surface area contributed by atoms with Crippen LogP contribution in [0, 0.1) is 0 Å². The van der Waals surface area contributed by atoms with Crippen LogP contribution < -0.4 is 4.80 Å². The number of aromatic nitrogens is 1. The number of nitrogens with zero attached hydrogens (tertiary/aromatic N) is 2. The van der Waals surface area contributed by atoms with Gasteiger partial charge in [-0.2, -0.15) is 4.99 Å². The topological polar surface area (TPSA) is 68.5 Å². The minimum absolute atomic E-state index is 0.126. The van der Waals surface area contributed by atoms with E-state index in [1.165, 1.54) is 23.5 Å². The van der Waals surface area contributed by atoms with Gasteiger partial charge in [-0.1, -0.05) is 29.0 Å². The van der Waals surface area contributed by atoms with Gasteiger partial charge in [-0.05, 0) is 50.2 Å². The number of aryl methyl sites for hydroxylation is 1. The molecule has 0 aliphatic carbocycles. The summed E-state index contributed by atoms with van der Waals surface area (Å²) in [5.41, 5.74) is 1.16. The molecule has 136 valence electrons. The van der Waals surface area contributed by atoms with Gasteiger partial charge >= 0.3 is 0 Å². The number of thiazole rings is 1. The molecule has 5 nitrogen and oxygen atoms in total. The lowest BCUT2D eigenvalue weighted by atomic mass is 10.2. The Labute approximate surface area is 160 Å². The Morgan fingerprint density at radius 3 is 2.62 bits per heavy atom. The lowest BCUT2D eigenvalue weighted by Crippen LogP contribution is -2.15. The maximum atomic E-state index is 12.6. The SMILES string of the molecule is CC(C)S(=O)(=O)c1cccc(C(=O)N=c2sc3cc(Cl)ccc3n2C)c1. The van der Waals surface area contributed by atoms with Gasteiger partial charge < -0.3 is 4.57 Å². The molecule has 0 aliphatic rings. The van der Waals surface area contributed by atoms with Gasteiger partial charge in [0.2, 0.25) is 0 Å². The molecule has 3 rings (SSSR count). The van der Waals surface area contributed by atoms with Gasteiger partial charge in [0.15, 0.2) is 14.6 Å². The summed E-state index contributed by atoms with van der Waals surface area (Å²) in [6.07, 6.45) is 0. The van der Waals surface area contributed by atoms with Gasteiger partial charge in [0.05, 0.1) is 20.4 Å². The highest BCUT2D eigenvalue weighted by Gasteiger charge is 2.20. The Bertz CT molecular complexity index is 1170. The normalized spacial score (nSPS) is 12.9. The number of hydrogen-bond donors (Lipinski definition) is 0. The molecular formula is C18H17ClN2O3S2. The minimum atomic E-state index is -3.45. The number of hydrogen-bond acceptors (Lipinski definition) is 4. The third-order valence-electron chi connectivity index (χ3n) is 4.00. The molecule has 0 spiro atoms. The van der Waals surface area contributed by atoms with Gasteiger partial charge in [0.25, 0.3) is 5.91 Å². The lowest BCUT2D eigenvalue weighted by molar-refractivity contribution is 0.0997. The monoisotopic (exact) mass is 408 g/mol.